The number of phenolic OH excluding ortho intramolecular Hbond substituents is 1. The van der Waals surface area contributed by atoms with Gasteiger partial charge >= 0.3 is 0 Å². The van der Waals surface area contributed by atoms with Gasteiger partial charge in [0, 0.05) is 10.9 Å². The van der Waals surface area contributed by atoms with Crippen molar-refractivity contribution < 1.29 is 19.4 Å². The van der Waals surface area contributed by atoms with Crippen molar-refractivity contribution in [2.45, 2.75) is 5.92 Å². The van der Waals surface area contributed by atoms with Gasteiger partial charge in [-0.15, -0.1) is 0 Å². The number of aromatic hydroxyl groups is 1. The van der Waals surface area contributed by atoms with Crippen LogP contribution in [-0.2, 0) is 0 Å². The number of fused-ring (bicyclic) bond motifs is 1. The lowest BCUT2D eigenvalue weighted by Gasteiger charge is -2.20. The van der Waals surface area contributed by atoms with E-state index in [-0.39, 0.29) is 11.5 Å². The fourth-order valence-corrected chi connectivity index (χ4v) is 3.75. The van der Waals surface area contributed by atoms with Gasteiger partial charge in [0.1, 0.15) is 17.2 Å². The van der Waals surface area contributed by atoms with Crippen molar-refractivity contribution in [2.75, 3.05) is 14.2 Å². The zero-order valence-electron chi connectivity index (χ0n) is 16.8. The summed E-state index contributed by atoms with van der Waals surface area (Å²) in [5.74, 6) is 1.06. The molecule has 150 valence electrons. The van der Waals surface area contributed by atoms with E-state index in [2.05, 4.69) is 0 Å². The van der Waals surface area contributed by atoms with E-state index in [0.29, 0.717) is 11.3 Å². The fraction of sp³-hybridized carbons (Fsp3) is 0.115. The number of ketones is 1. The van der Waals surface area contributed by atoms with Crippen molar-refractivity contribution in [3.63, 3.8) is 0 Å². The van der Waals surface area contributed by atoms with E-state index in [1.165, 1.54) is 0 Å². The van der Waals surface area contributed by atoms with Gasteiger partial charge < -0.3 is 14.6 Å². The first-order valence-electron chi connectivity index (χ1n) is 9.65. The van der Waals surface area contributed by atoms with Gasteiger partial charge in [0.25, 0.3) is 0 Å². The van der Waals surface area contributed by atoms with Crippen LogP contribution in [0.25, 0.3) is 10.8 Å². The number of benzene rings is 4. The fourth-order valence-electron chi connectivity index (χ4n) is 3.75. The minimum absolute atomic E-state index is 0.0290. The minimum Gasteiger partial charge on any atom is -0.507 e. The molecule has 4 aromatic carbocycles. The largest absolute Gasteiger partial charge is 0.507 e. The Hall–Kier alpha value is -3.79. The number of Topliss-reactive ketones (excluding diaryl/α,β-unsaturated/α-hetero) is 1. The second-order valence-corrected chi connectivity index (χ2v) is 7.02. The number of rotatable bonds is 6. The first kappa shape index (κ1) is 19.5. The quantitative estimate of drug-likeness (QED) is 0.431. The molecular formula is C26H22O4. The third-order valence-corrected chi connectivity index (χ3v) is 5.33. The van der Waals surface area contributed by atoms with Crippen molar-refractivity contribution >= 4 is 16.6 Å². The van der Waals surface area contributed by atoms with Crippen LogP contribution >= 0.6 is 0 Å². The van der Waals surface area contributed by atoms with E-state index < -0.39 is 5.92 Å². The average Bonchev–Trinajstić information content (AvgIpc) is 2.81. The molecule has 1 N–H and O–H groups in total. The molecule has 4 aromatic rings. The van der Waals surface area contributed by atoms with Crippen LogP contribution in [0.15, 0.2) is 84.9 Å². The molecule has 0 heterocycles. The maximum absolute atomic E-state index is 13.7. The number of phenols is 1. The SMILES string of the molecule is COc1ccc(C(=O)C(c2ccc(OC)cc2)c2ccc(O)c3ccccc23)cc1. The van der Waals surface area contributed by atoms with Crippen LogP contribution in [0.3, 0.4) is 0 Å². The highest BCUT2D eigenvalue weighted by Crippen LogP contribution is 2.37. The molecule has 0 bridgehead atoms. The number of hydrogen-bond acceptors (Lipinski definition) is 4. The molecule has 0 radical (unpaired) electrons. The molecule has 0 aliphatic heterocycles. The molecule has 0 saturated carbocycles. The van der Waals surface area contributed by atoms with E-state index in [9.17, 15) is 9.90 Å². The highest BCUT2D eigenvalue weighted by Gasteiger charge is 2.26. The molecule has 0 saturated heterocycles. The first-order valence-corrected chi connectivity index (χ1v) is 9.65. The van der Waals surface area contributed by atoms with Crippen LogP contribution in [0.5, 0.6) is 17.2 Å². The Labute approximate surface area is 175 Å². The Morgan fingerprint density at radius 3 is 1.90 bits per heavy atom. The van der Waals surface area contributed by atoms with Gasteiger partial charge in [-0.25, -0.2) is 0 Å². The molecule has 4 heteroatoms. The van der Waals surface area contributed by atoms with Gasteiger partial charge in [0.05, 0.1) is 20.1 Å². The lowest BCUT2D eigenvalue weighted by Crippen LogP contribution is -2.15. The lowest BCUT2D eigenvalue weighted by atomic mass is 9.82. The summed E-state index contributed by atoms with van der Waals surface area (Å²) in [7, 11) is 3.21. The normalized spacial score (nSPS) is 11.8. The number of hydrogen-bond donors (Lipinski definition) is 1. The molecule has 4 nitrogen and oxygen atoms in total. The molecule has 0 aliphatic carbocycles. The molecule has 0 fully saturated rings. The van der Waals surface area contributed by atoms with Crippen LogP contribution in [0.1, 0.15) is 27.4 Å². The highest BCUT2D eigenvalue weighted by molar-refractivity contribution is 6.06. The van der Waals surface area contributed by atoms with Gasteiger partial charge in [-0.3, -0.25) is 4.79 Å². The Morgan fingerprint density at radius 2 is 1.30 bits per heavy atom. The zero-order chi connectivity index (χ0) is 21.1. The Morgan fingerprint density at radius 1 is 0.733 bits per heavy atom. The summed E-state index contributed by atoms with van der Waals surface area (Å²) in [6.07, 6.45) is 0. The summed E-state index contributed by atoms with van der Waals surface area (Å²) in [4.78, 5) is 13.7. The third-order valence-electron chi connectivity index (χ3n) is 5.33. The van der Waals surface area contributed by atoms with Crippen molar-refractivity contribution in [2.24, 2.45) is 0 Å². The molecule has 1 unspecified atom stereocenters. The topological polar surface area (TPSA) is 55.8 Å². The van der Waals surface area contributed by atoms with Crippen LogP contribution < -0.4 is 9.47 Å². The predicted octanol–water partition coefficient (Wildman–Crippen LogP) is 5.58. The average molecular weight is 398 g/mol. The maximum Gasteiger partial charge on any atom is 0.174 e. The van der Waals surface area contributed by atoms with Crippen LogP contribution in [0, 0.1) is 0 Å². The summed E-state index contributed by atoms with van der Waals surface area (Å²) in [6, 6.07) is 25.7. The molecular weight excluding hydrogens is 376 g/mol. The minimum atomic E-state index is -0.533. The molecule has 4 rings (SSSR count). The predicted molar refractivity (Wildman–Crippen MR) is 118 cm³/mol. The standard InChI is InChI=1S/C26H22O4/c1-29-19-11-7-17(8-12-19)25(26(28)18-9-13-20(30-2)14-10-18)23-15-16-24(27)22-6-4-3-5-21(22)23/h3-16,25,27H,1-2H3. The number of carbonyl (C=O) groups excluding carboxylic acids is 1. The smallest absolute Gasteiger partial charge is 0.174 e. The van der Waals surface area contributed by atoms with Gasteiger partial charge in [-0.2, -0.15) is 0 Å². The van der Waals surface area contributed by atoms with E-state index in [4.69, 9.17) is 9.47 Å². The highest BCUT2D eigenvalue weighted by atomic mass is 16.5. The van der Waals surface area contributed by atoms with Gasteiger partial charge in [-0.05, 0) is 59.0 Å². The van der Waals surface area contributed by atoms with Gasteiger partial charge in [0.15, 0.2) is 5.78 Å². The van der Waals surface area contributed by atoms with Crippen LogP contribution in [-0.4, -0.2) is 25.1 Å². The van der Waals surface area contributed by atoms with Gasteiger partial charge in [0.2, 0.25) is 0 Å². The third kappa shape index (κ3) is 3.60. The second kappa shape index (κ2) is 8.29. The van der Waals surface area contributed by atoms with E-state index >= 15 is 0 Å². The Bertz CT molecular complexity index is 1180. The van der Waals surface area contributed by atoms with E-state index in [1.54, 1.807) is 44.6 Å². The number of methoxy groups -OCH3 is 2. The summed E-state index contributed by atoms with van der Waals surface area (Å²) in [6.45, 7) is 0. The molecule has 0 spiro atoms. The first-order chi connectivity index (χ1) is 14.6. The summed E-state index contributed by atoms with van der Waals surface area (Å²) >= 11 is 0. The molecule has 0 amide bonds. The molecule has 1 atom stereocenters. The molecule has 30 heavy (non-hydrogen) atoms. The lowest BCUT2D eigenvalue weighted by molar-refractivity contribution is 0.0974. The Kier molecular flexibility index (Phi) is 5.40. The molecule has 0 aliphatic rings. The monoisotopic (exact) mass is 398 g/mol. The molecule has 0 aromatic heterocycles. The maximum atomic E-state index is 13.7. The number of ether oxygens (including phenoxy) is 2. The summed E-state index contributed by atoms with van der Waals surface area (Å²) in [5, 5.41) is 11.9. The van der Waals surface area contributed by atoms with Gasteiger partial charge in [-0.1, -0.05) is 42.5 Å². The van der Waals surface area contributed by atoms with E-state index in [1.807, 2.05) is 54.6 Å². The van der Waals surface area contributed by atoms with Crippen molar-refractivity contribution in [3.05, 3.63) is 102 Å². The van der Waals surface area contributed by atoms with E-state index in [0.717, 1.165) is 27.6 Å². The van der Waals surface area contributed by atoms with Crippen molar-refractivity contribution in [1.29, 1.82) is 0 Å². The van der Waals surface area contributed by atoms with Crippen molar-refractivity contribution in [1.82, 2.24) is 0 Å². The summed E-state index contributed by atoms with van der Waals surface area (Å²) < 4.78 is 10.5. The zero-order valence-corrected chi connectivity index (χ0v) is 16.8. The summed E-state index contributed by atoms with van der Waals surface area (Å²) in [5.41, 5.74) is 2.29. The van der Waals surface area contributed by atoms with Crippen LogP contribution in [0.4, 0.5) is 0 Å². The Balaban J connectivity index is 1.89. The van der Waals surface area contributed by atoms with Crippen molar-refractivity contribution in [3.8, 4) is 17.2 Å². The second-order valence-electron chi connectivity index (χ2n) is 7.02. The van der Waals surface area contributed by atoms with Crippen LogP contribution in [0.2, 0.25) is 0 Å². The number of carbonyl (C=O) groups is 1.